The average Bonchev–Trinajstić information content (AvgIpc) is 2.28. The number of rotatable bonds is 7. The van der Waals surface area contributed by atoms with E-state index < -0.39 is 0 Å². The molecule has 0 spiro atoms. The molecule has 0 radical (unpaired) electrons. The normalized spacial score (nSPS) is 10.5. The van der Waals surface area contributed by atoms with E-state index in [1.807, 2.05) is 0 Å². The Morgan fingerprint density at radius 2 is 1.76 bits per heavy atom. The summed E-state index contributed by atoms with van der Waals surface area (Å²) in [6.07, 6.45) is 4.55. The van der Waals surface area contributed by atoms with Crippen LogP contribution in [0, 0.1) is 0 Å². The number of nitrogens with two attached hydrogens (primary N) is 1. The van der Waals surface area contributed by atoms with E-state index in [0.29, 0.717) is 16.9 Å². The Kier molecular flexibility index (Phi) is 6.05. The first kappa shape index (κ1) is 14.0. The zero-order chi connectivity index (χ0) is 12.7. The number of unbranched alkanes of at least 4 members (excludes halogenated alkanes) is 2. The predicted octanol–water partition coefficient (Wildman–Crippen LogP) is 3.12. The minimum absolute atomic E-state index is 0.408. The Bertz CT molecular complexity index is 315. The van der Waals surface area contributed by atoms with E-state index in [0.717, 1.165) is 38.8 Å². The van der Waals surface area contributed by atoms with Gasteiger partial charge in [0.2, 0.25) is 5.95 Å². The second kappa shape index (κ2) is 7.33. The molecule has 0 aliphatic heterocycles. The fourth-order valence-electron chi connectivity index (χ4n) is 1.57. The van der Waals surface area contributed by atoms with E-state index in [1.54, 1.807) is 6.07 Å². The van der Waals surface area contributed by atoms with Gasteiger partial charge in [-0.15, -0.1) is 0 Å². The summed E-state index contributed by atoms with van der Waals surface area (Å²) < 4.78 is 0. The molecule has 0 aliphatic carbocycles. The first-order valence-corrected chi connectivity index (χ1v) is 6.60. The summed E-state index contributed by atoms with van der Waals surface area (Å²) in [4.78, 5) is 10.7. The van der Waals surface area contributed by atoms with Gasteiger partial charge in [0.15, 0.2) is 0 Å². The Balaban J connectivity index is 2.78. The first-order valence-electron chi connectivity index (χ1n) is 6.22. The van der Waals surface area contributed by atoms with E-state index in [4.69, 9.17) is 17.3 Å². The molecule has 96 valence electrons. The Morgan fingerprint density at radius 1 is 1.18 bits per heavy atom. The van der Waals surface area contributed by atoms with Crippen molar-refractivity contribution < 1.29 is 0 Å². The highest BCUT2D eigenvalue weighted by molar-refractivity contribution is 6.29. The van der Waals surface area contributed by atoms with Crippen LogP contribution in [0.15, 0.2) is 6.07 Å². The van der Waals surface area contributed by atoms with Crippen molar-refractivity contribution >= 4 is 23.4 Å². The number of hydrogen-bond acceptors (Lipinski definition) is 4. The van der Waals surface area contributed by atoms with Crippen molar-refractivity contribution in [3.63, 3.8) is 0 Å². The van der Waals surface area contributed by atoms with Gasteiger partial charge in [0, 0.05) is 19.2 Å². The summed E-state index contributed by atoms with van der Waals surface area (Å²) >= 11 is 5.90. The van der Waals surface area contributed by atoms with E-state index >= 15 is 0 Å². The van der Waals surface area contributed by atoms with E-state index in [2.05, 4.69) is 28.7 Å². The lowest BCUT2D eigenvalue weighted by Gasteiger charge is -2.22. The van der Waals surface area contributed by atoms with Gasteiger partial charge in [-0.25, -0.2) is 4.98 Å². The minimum atomic E-state index is 0.408. The van der Waals surface area contributed by atoms with Crippen molar-refractivity contribution in [2.75, 3.05) is 23.7 Å². The van der Waals surface area contributed by atoms with Gasteiger partial charge in [-0.2, -0.15) is 4.98 Å². The minimum Gasteiger partial charge on any atom is -0.383 e. The molecule has 4 nitrogen and oxygen atoms in total. The molecule has 0 aliphatic rings. The molecular formula is C12H21ClN4. The maximum Gasteiger partial charge on any atom is 0.228 e. The highest BCUT2D eigenvalue weighted by Gasteiger charge is 2.10. The molecule has 1 aromatic heterocycles. The lowest BCUT2D eigenvalue weighted by molar-refractivity contribution is 0.663. The standard InChI is InChI=1S/C12H21ClN4/c1-3-5-7-17(8-6-4-2)12-15-10(13)9-11(14)16-12/h9H,3-8H2,1-2H3,(H2,14,15,16). The lowest BCUT2D eigenvalue weighted by atomic mass is 10.3. The van der Waals surface area contributed by atoms with Crippen molar-refractivity contribution in [2.45, 2.75) is 39.5 Å². The van der Waals surface area contributed by atoms with Gasteiger partial charge >= 0.3 is 0 Å². The first-order chi connectivity index (χ1) is 8.17. The van der Waals surface area contributed by atoms with Crippen LogP contribution in [-0.2, 0) is 0 Å². The van der Waals surface area contributed by atoms with Crippen molar-refractivity contribution in [1.29, 1.82) is 0 Å². The summed E-state index contributed by atoms with van der Waals surface area (Å²) in [6.45, 7) is 6.25. The second-order valence-corrected chi connectivity index (χ2v) is 4.50. The number of halogens is 1. The smallest absolute Gasteiger partial charge is 0.228 e. The summed E-state index contributed by atoms with van der Waals surface area (Å²) in [7, 11) is 0. The van der Waals surface area contributed by atoms with Crippen LogP contribution >= 0.6 is 11.6 Å². The maximum absolute atomic E-state index is 5.90. The van der Waals surface area contributed by atoms with E-state index in [9.17, 15) is 0 Å². The molecule has 2 N–H and O–H groups in total. The van der Waals surface area contributed by atoms with Crippen LogP contribution in [0.2, 0.25) is 5.15 Å². The van der Waals surface area contributed by atoms with Crippen LogP contribution < -0.4 is 10.6 Å². The highest BCUT2D eigenvalue weighted by atomic mass is 35.5. The summed E-state index contributed by atoms with van der Waals surface area (Å²) in [5.41, 5.74) is 5.69. The molecule has 0 unspecified atom stereocenters. The number of nitrogens with zero attached hydrogens (tertiary/aromatic N) is 3. The number of anilines is 2. The van der Waals surface area contributed by atoms with Crippen LogP contribution in [0.4, 0.5) is 11.8 Å². The van der Waals surface area contributed by atoms with Gasteiger partial charge in [-0.3, -0.25) is 0 Å². The molecule has 0 saturated carbocycles. The van der Waals surface area contributed by atoms with Gasteiger partial charge in [-0.05, 0) is 12.8 Å². The topological polar surface area (TPSA) is 55.0 Å². The van der Waals surface area contributed by atoms with Gasteiger partial charge in [-0.1, -0.05) is 38.3 Å². The van der Waals surface area contributed by atoms with Gasteiger partial charge in [0.1, 0.15) is 11.0 Å². The van der Waals surface area contributed by atoms with Crippen LogP contribution in [0.1, 0.15) is 39.5 Å². The largest absolute Gasteiger partial charge is 0.383 e. The van der Waals surface area contributed by atoms with Crippen molar-refractivity contribution in [3.05, 3.63) is 11.2 Å². The fraction of sp³-hybridized carbons (Fsp3) is 0.667. The van der Waals surface area contributed by atoms with Gasteiger partial charge in [0.05, 0.1) is 0 Å². The third-order valence-corrected chi connectivity index (χ3v) is 2.74. The monoisotopic (exact) mass is 256 g/mol. The van der Waals surface area contributed by atoms with Gasteiger partial charge < -0.3 is 10.6 Å². The molecule has 1 heterocycles. The molecule has 0 atom stereocenters. The molecular weight excluding hydrogens is 236 g/mol. The third-order valence-electron chi connectivity index (χ3n) is 2.55. The number of nitrogen functional groups attached to an aromatic ring is 1. The van der Waals surface area contributed by atoms with Crippen LogP contribution in [0.3, 0.4) is 0 Å². The second-order valence-electron chi connectivity index (χ2n) is 4.11. The Hall–Kier alpha value is -1.03. The Morgan fingerprint density at radius 3 is 2.24 bits per heavy atom. The van der Waals surface area contributed by atoms with Crippen LogP contribution in [0.25, 0.3) is 0 Å². The summed E-state index contributed by atoms with van der Waals surface area (Å²) in [5.74, 6) is 1.08. The van der Waals surface area contributed by atoms with Crippen LogP contribution in [0.5, 0.6) is 0 Å². The fourth-order valence-corrected chi connectivity index (χ4v) is 1.76. The Labute approximate surface area is 108 Å². The zero-order valence-electron chi connectivity index (χ0n) is 10.6. The van der Waals surface area contributed by atoms with Crippen molar-refractivity contribution in [3.8, 4) is 0 Å². The quantitative estimate of drug-likeness (QED) is 0.762. The molecule has 5 heteroatoms. The zero-order valence-corrected chi connectivity index (χ0v) is 11.4. The maximum atomic E-state index is 5.90. The summed E-state index contributed by atoms with van der Waals surface area (Å²) in [6, 6.07) is 1.57. The lowest BCUT2D eigenvalue weighted by Crippen LogP contribution is -2.27. The molecule has 0 aromatic carbocycles. The van der Waals surface area contributed by atoms with Crippen molar-refractivity contribution in [2.24, 2.45) is 0 Å². The average molecular weight is 257 g/mol. The predicted molar refractivity (Wildman–Crippen MR) is 73.5 cm³/mol. The molecule has 0 amide bonds. The molecule has 0 bridgehead atoms. The van der Waals surface area contributed by atoms with Crippen molar-refractivity contribution in [1.82, 2.24) is 9.97 Å². The SMILES string of the molecule is CCCCN(CCCC)c1nc(N)cc(Cl)n1. The molecule has 17 heavy (non-hydrogen) atoms. The number of aromatic nitrogens is 2. The van der Waals surface area contributed by atoms with Gasteiger partial charge in [0.25, 0.3) is 0 Å². The molecule has 0 fully saturated rings. The van der Waals surface area contributed by atoms with E-state index in [-0.39, 0.29) is 0 Å². The molecule has 1 aromatic rings. The van der Waals surface area contributed by atoms with E-state index in [1.165, 1.54) is 0 Å². The van der Waals surface area contributed by atoms with Crippen LogP contribution in [-0.4, -0.2) is 23.1 Å². The third kappa shape index (κ3) is 4.77. The summed E-state index contributed by atoms with van der Waals surface area (Å²) in [5, 5.41) is 0.408. The molecule has 0 saturated heterocycles. The number of hydrogen-bond donors (Lipinski definition) is 1. The molecule has 1 rings (SSSR count). The highest BCUT2D eigenvalue weighted by Crippen LogP contribution is 2.16.